The molecular formula is C7H10O. The van der Waals surface area contributed by atoms with Gasteiger partial charge >= 0.3 is 0 Å². The van der Waals surface area contributed by atoms with Gasteiger partial charge in [-0.3, -0.25) is 4.79 Å². The largest absolute Gasteiger partial charge is 0.299 e. The summed E-state index contributed by atoms with van der Waals surface area (Å²) in [5.74, 6) is 0.683. The van der Waals surface area contributed by atoms with Gasteiger partial charge in [0.1, 0.15) is 5.78 Å². The Morgan fingerprint density at radius 1 is 1.75 bits per heavy atom. The van der Waals surface area contributed by atoms with E-state index in [1.54, 1.807) is 0 Å². The van der Waals surface area contributed by atoms with Gasteiger partial charge in [-0.05, 0) is 13.3 Å². The molecule has 1 aliphatic carbocycles. The van der Waals surface area contributed by atoms with Gasteiger partial charge in [0, 0.05) is 12.3 Å². The van der Waals surface area contributed by atoms with E-state index in [9.17, 15) is 4.79 Å². The van der Waals surface area contributed by atoms with Crippen molar-refractivity contribution in [2.75, 3.05) is 0 Å². The molecule has 1 heteroatoms. The minimum absolute atomic E-state index is 0.278. The zero-order valence-electron chi connectivity index (χ0n) is 5.05. The first-order chi connectivity index (χ1) is 3.84. The fraction of sp³-hybridized carbons (Fsp3) is 0.571. The summed E-state index contributed by atoms with van der Waals surface area (Å²) in [6.45, 7) is 1.95. The zero-order chi connectivity index (χ0) is 5.98. The van der Waals surface area contributed by atoms with Gasteiger partial charge in [-0.1, -0.05) is 12.2 Å². The Balaban J connectivity index is 2.38. The number of carbonyl (C=O) groups is 1. The number of allylic oxidation sites excluding steroid dienone is 2. The first-order valence-electron chi connectivity index (χ1n) is 3.00. The Bertz CT molecular complexity index is 124. The molecule has 1 fully saturated rings. The lowest BCUT2D eigenvalue weighted by Gasteiger charge is -2.19. The Labute approximate surface area is 49.4 Å². The lowest BCUT2D eigenvalue weighted by atomic mass is 9.84. The highest BCUT2D eigenvalue weighted by Gasteiger charge is 2.24. The molecule has 8 heavy (non-hydrogen) atoms. The molecule has 0 spiro atoms. The average molecular weight is 110 g/mol. The van der Waals surface area contributed by atoms with Crippen molar-refractivity contribution in [1.82, 2.24) is 0 Å². The molecule has 1 nitrogen and oxygen atoms in total. The molecule has 0 radical (unpaired) electrons. The van der Waals surface area contributed by atoms with Crippen molar-refractivity contribution in [1.29, 1.82) is 0 Å². The van der Waals surface area contributed by atoms with Crippen LogP contribution in [0.5, 0.6) is 0 Å². The minimum atomic E-state index is 0.278. The summed E-state index contributed by atoms with van der Waals surface area (Å²) in [6.07, 6.45) is 5.80. The van der Waals surface area contributed by atoms with Gasteiger partial charge < -0.3 is 0 Å². The van der Waals surface area contributed by atoms with Gasteiger partial charge in [0.2, 0.25) is 0 Å². The van der Waals surface area contributed by atoms with Crippen molar-refractivity contribution in [3.05, 3.63) is 12.2 Å². The Kier molecular flexibility index (Phi) is 1.47. The maximum absolute atomic E-state index is 10.6. The van der Waals surface area contributed by atoms with Crippen LogP contribution in [0, 0.1) is 5.92 Å². The van der Waals surface area contributed by atoms with Crippen molar-refractivity contribution in [2.24, 2.45) is 5.92 Å². The molecule has 0 aromatic rings. The molecule has 1 rings (SSSR count). The summed E-state index contributed by atoms with van der Waals surface area (Å²) < 4.78 is 0. The molecule has 0 aromatic heterocycles. The Morgan fingerprint density at radius 2 is 2.50 bits per heavy atom. The van der Waals surface area contributed by atoms with Gasteiger partial charge in [0.25, 0.3) is 0 Å². The Morgan fingerprint density at radius 3 is 2.62 bits per heavy atom. The molecule has 0 aliphatic heterocycles. The second-order valence-corrected chi connectivity index (χ2v) is 2.14. The molecule has 0 N–H and O–H groups in total. The topological polar surface area (TPSA) is 17.1 Å². The fourth-order valence-electron chi connectivity index (χ4n) is 0.865. The summed E-state index contributed by atoms with van der Waals surface area (Å²) >= 11 is 0. The van der Waals surface area contributed by atoms with E-state index in [0.29, 0.717) is 5.78 Å². The van der Waals surface area contributed by atoms with Gasteiger partial charge in [-0.15, -0.1) is 0 Å². The zero-order valence-corrected chi connectivity index (χ0v) is 5.05. The van der Waals surface area contributed by atoms with Crippen molar-refractivity contribution in [2.45, 2.75) is 19.8 Å². The normalized spacial score (nSPS) is 28.6. The van der Waals surface area contributed by atoms with Gasteiger partial charge in [-0.25, -0.2) is 0 Å². The smallest absolute Gasteiger partial charge is 0.139 e. The van der Waals surface area contributed by atoms with E-state index >= 15 is 0 Å². The molecule has 44 valence electrons. The van der Waals surface area contributed by atoms with E-state index in [0.717, 1.165) is 12.8 Å². The molecule has 1 saturated carbocycles. The monoisotopic (exact) mass is 110 g/mol. The lowest BCUT2D eigenvalue weighted by Crippen LogP contribution is -2.22. The number of rotatable bonds is 1. The number of ketones is 1. The van der Waals surface area contributed by atoms with E-state index in [2.05, 4.69) is 0 Å². The average Bonchev–Trinajstić information content (AvgIpc) is 1.79. The van der Waals surface area contributed by atoms with Crippen LogP contribution in [0.4, 0.5) is 0 Å². The molecule has 0 amide bonds. The van der Waals surface area contributed by atoms with Crippen LogP contribution in [-0.4, -0.2) is 5.78 Å². The summed E-state index contributed by atoms with van der Waals surface area (Å²) in [5.41, 5.74) is 0. The molecular weight excluding hydrogens is 100 g/mol. The highest BCUT2D eigenvalue weighted by molar-refractivity contribution is 5.87. The minimum Gasteiger partial charge on any atom is -0.299 e. The maximum Gasteiger partial charge on any atom is 0.139 e. The predicted molar refractivity (Wildman–Crippen MR) is 32.5 cm³/mol. The lowest BCUT2D eigenvalue weighted by molar-refractivity contribution is -0.127. The van der Waals surface area contributed by atoms with E-state index in [4.69, 9.17) is 0 Å². The first kappa shape index (κ1) is 5.54. The third-order valence-corrected chi connectivity index (χ3v) is 1.54. The third kappa shape index (κ3) is 0.808. The summed E-state index contributed by atoms with van der Waals surface area (Å²) in [4.78, 5) is 10.6. The molecule has 1 aliphatic rings. The molecule has 0 bridgehead atoms. The number of carbonyl (C=O) groups excluding carboxylic acids is 1. The first-order valence-corrected chi connectivity index (χ1v) is 3.00. The van der Waals surface area contributed by atoms with Crippen LogP contribution in [0.3, 0.4) is 0 Å². The SMILES string of the molecule is C/C=C/C1CCC1=O. The van der Waals surface area contributed by atoms with E-state index in [1.165, 1.54) is 0 Å². The molecule has 0 heterocycles. The number of hydrogen-bond acceptors (Lipinski definition) is 1. The standard InChI is InChI=1S/C7H10O/c1-2-3-6-4-5-7(6)8/h2-3,6H,4-5H2,1H3/b3-2+. The van der Waals surface area contributed by atoms with E-state index in [-0.39, 0.29) is 5.92 Å². The molecule has 0 saturated heterocycles. The quantitative estimate of drug-likeness (QED) is 0.468. The van der Waals surface area contributed by atoms with Gasteiger partial charge in [0.05, 0.1) is 0 Å². The van der Waals surface area contributed by atoms with Crippen molar-refractivity contribution < 1.29 is 4.79 Å². The van der Waals surface area contributed by atoms with Crippen molar-refractivity contribution >= 4 is 5.78 Å². The molecule has 0 aromatic carbocycles. The van der Waals surface area contributed by atoms with Crippen LogP contribution in [-0.2, 0) is 4.79 Å². The second-order valence-electron chi connectivity index (χ2n) is 2.14. The van der Waals surface area contributed by atoms with Crippen LogP contribution in [0.2, 0.25) is 0 Å². The van der Waals surface area contributed by atoms with Crippen LogP contribution < -0.4 is 0 Å². The number of hydrogen-bond donors (Lipinski definition) is 0. The van der Waals surface area contributed by atoms with E-state index in [1.807, 2.05) is 19.1 Å². The summed E-state index contributed by atoms with van der Waals surface area (Å²) in [6, 6.07) is 0. The number of Topliss-reactive ketones (excluding diaryl/α,β-unsaturated/α-hetero) is 1. The third-order valence-electron chi connectivity index (χ3n) is 1.54. The van der Waals surface area contributed by atoms with Crippen molar-refractivity contribution in [3.63, 3.8) is 0 Å². The van der Waals surface area contributed by atoms with Crippen LogP contribution in [0.15, 0.2) is 12.2 Å². The summed E-state index contributed by atoms with van der Waals surface area (Å²) in [5, 5.41) is 0. The molecule has 1 unspecified atom stereocenters. The van der Waals surface area contributed by atoms with E-state index < -0.39 is 0 Å². The van der Waals surface area contributed by atoms with Crippen LogP contribution >= 0.6 is 0 Å². The predicted octanol–water partition coefficient (Wildman–Crippen LogP) is 1.54. The Hall–Kier alpha value is -0.590. The second kappa shape index (κ2) is 2.12. The fourth-order valence-corrected chi connectivity index (χ4v) is 0.865. The van der Waals surface area contributed by atoms with Crippen LogP contribution in [0.1, 0.15) is 19.8 Å². The van der Waals surface area contributed by atoms with Gasteiger partial charge in [0.15, 0.2) is 0 Å². The highest BCUT2D eigenvalue weighted by atomic mass is 16.1. The molecule has 1 atom stereocenters. The summed E-state index contributed by atoms with van der Waals surface area (Å²) in [7, 11) is 0. The van der Waals surface area contributed by atoms with Crippen LogP contribution in [0.25, 0.3) is 0 Å². The van der Waals surface area contributed by atoms with Gasteiger partial charge in [-0.2, -0.15) is 0 Å². The highest BCUT2D eigenvalue weighted by Crippen LogP contribution is 2.22. The maximum atomic E-state index is 10.6. The van der Waals surface area contributed by atoms with Crippen molar-refractivity contribution in [3.8, 4) is 0 Å².